The SMILES string of the molecule is CN=C(NCCc1ccc(NC(=O)OC(C)(C)C)cc1)NCC(C1CC1)N(C)C. The van der Waals surface area contributed by atoms with E-state index in [4.69, 9.17) is 4.74 Å². The van der Waals surface area contributed by atoms with Crippen molar-refractivity contribution in [3.05, 3.63) is 29.8 Å². The summed E-state index contributed by atoms with van der Waals surface area (Å²) < 4.78 is 5.27. The topological polar surface area (TPSA) is 78.0 Å². The fraction of sp³-hybridized carbons (Fsp3) is 0.636. The summed E-state index contributed by atoms with van der Waals surface area (Å²) in [6, 6.07) is 8.37. The van der Waals surface area contributed by atoms with Crippen LogP contribution >= 0.6 is 0 Å². The number of amides is 1. The van der Waals surface area contributed by atoms with Gasteiger partial charge in [0.25, 0.3) is 0 Å². The van der Waals surface area contributed by atoms with E-state index in [2.05, 4.69) is 39.9 Å². The Morgan fingerprint density at radius 3 is 2.38 bits per heavy atom. The maximum atomic E-state index is 11.8. The second kappa shape index (κ2) is 10.5. The lowest BCUT2D eigenvalue weighted by Gasteiger charge is -2.25. The summed E-state index contributed by atoms with van der Waals surface area (Å²) in [4.78, 5) is 18.4. The lowest BCUT2D eigenvalue weighted by molar-refractivity contribution is 0.0636. The molecule has 7 nitrogen and oxygen atoms in total. The Kier molecular flexibility index (Phi) is 8.32. The number of rotatable bonds is 8. The number of benzene rings is 1. The lowest BCUT2D eigenvalue weighted by Crippen LogP contribution is -2.46. The zero-order chi connectivity index (χ0) is 21.4. The number of ether oxygens (including phenoxy) is 1. The van der Waals surface area contributed by atoms with Crippen LogP contribution in [0.15, 0.2) is 29.3 Å². The Balaban J connectivity index is 1.72. The van der Waals surface area contributed by atoms with Crippen molar-refractivity contribution in [2.24, 2.45) is 10.9 Å². The van der Waals surface area contributed by atoms with Crippen LogP contribution in [0.3, 0.4) is 0 Å². The zero-order valence-corrected chi connectivity index (χ0v) is 18.7. The Labute approximate surface area is 175 Å². The number of aliphatic imine (C=N–C) groups is 1. The number of anilines is 1. The van der Waals surface area contributed by atoms with Crippen molar-refractivity contribution in [1.29, 1.82) is 0 Å². The monoisotopic (exact) mass is 403 g/mol. The summed E-state index contributed by atoms with van der Waals surface area (Å²) in [5.74, 6) is 1.64. The molecule has 7 heteroatoms. The van der Waals surface area contributed by atoms with E-state index in [1.54, 1.807) is 7.05 Å². The third-order valence-corrected chi connectivity index (χ3v) is 4.84. The Morgan fingerprint density at radius 1 is 1.21 bits per heavy atom. The molecule has 1 aromatic rings. The van der Waals surface area contributed by atoms with Gasteiger partial charge in [-0.3, -0.25) is 10.3 Å². The van der Waals surface area contributed by atoms with Gasteiger partial charge in [-0.1, -0.05) is 12.1 Å². The van der Waals surface area contributed by atoms with E-state index in [9.17, 15) is 4.79 Å². The van der Waals surface area contributed by atoms with E-state index in [-0.39, 0.29) is 0 Å². The second-order valence-electron chi connectivity index (χ2n) is 8.82. The standard InChI is InChI=1S/C22H37N5O2/c1-22(2,3)29-21(28)26-18-11-7-16(8-12-18)13-14-24-20(23-4)25-15-19(27(5)6)17-9-10-17/h7-8,11-12,17,19H,9-10,13-15H2,1-6H3,(H,26,28)(H2,23,24,25). The molecule has 1 aliphatic rings. The molecule has 0 saturated heterocycles. The molecule has 0 heterocycles. The molecule has 1 unspecified atom stereocenters. The van der Waals surface area contributed by atoms with Crippen LogP contribution in [0.25, 0.3) is 0 Å². The summed E-state index contributed by atoms with van der Waals surface area (Å²) in [6.07, 6.45) is 3.08. The van der Waals surface area contributed by atoms with Gasteiger partial charge in [0.1, 0.15) is 5.60 Å². The number of nitrogens with one attached hydrogen (secondary N) is 3. The normalized spacial score (nSPS) is 15.8. The maximum Gasteiger partial charge on any atom is 0.412 e. The van der Waals surface area contributed by atoms with Gasteiger partial charge in [0.05, 0.1) is 0 Å². The van der Waals surface area contributed by atoms with Crippen molar-refractivity contribution >= 4 is 17.7 Å². The van der Waals surface area contributed by atoms with Crippen molar-refractivity contribution in [1.82, 2.24) is 15.5 Å². The smallest absolute Gasteiger partial charge is 0.412 e. The van der Waals surface area contributed by atoms with Crippen LogP contribution in [0.1, 0.15) is 39.2 Å². The van der Waals surface area contributed by atoms with Gasteiger partial charge < -0.3 is 20.3 Å². The molecule has 0 radical (unpaired) electrons. The highest BCUT2D eigenvalue weighted by Gasteiger charge is 2.32. The first-order chi connectivity index (χ1) is 13.7. The number of carbonyl (C=O) groups is 1. The van der Waals surface area contributed by atoms with Crippen LogP contribution in [0.4, 0.5) is 10.5 Å². The predicted octanol–water partition coefficient (Wildman–Crippen LogP) is 3.08. The van der Waals surface area contributed by atoms with Crippen molar-refractivity contribution in [3.8, 4) is 0 Å². The quantitative estimate of drug-likeness (QED) is 0.459. The minimum atomic E-state index is -0.506. The van der Waals surface area contributed by atoms with Gasteiger partial charge in [0.15, 0.2) is 5.96 Å². The highest BCUT2D eigenvalue weighted by atomic mass is 16.6. The highest BCUT2D eigenvalue weighted by molar-refractivity contribution is 5.84. The second-order valence-corrected chi connectivity index (χ2v) is 8.82. The van der Waals surface area contributed by atoms with Gasteiger partial charge in [0.2, 0.25) is 0 Å². The molecular weight excluding hydrogens is 366 g/mol. The average Bonchev–Trinajstić information content (AvgIpc) is 3.45. The molecule has 162 valence electrons. The molecule has 29 heavy (non-hydrogen) atoms. The largest absolute Gasteiger partial charge is 0.444 e. The molecule has 1 atom stereocenters. The fourth-order valence-corrected chi connectivity index (χ4v) is 3.18. The third-order valence-electron chi connectivity index (χ3n) is 4.84. The van der Waals surface area contributed by atoms with E-state index in [0.29, 0.717) is 6.04 Å². The molecule has 3 N–H and O–H groups in total. The van der Waals surface area contributed by atoms with Crippen molar-refractivity contribution < 1.29 is 9.53 Å². The van der Waals surface area contributed by atoms with Gasteiger partial charge in [-0.15, -0.1) is 0 Å². The molecule has 1 aromatic carbocycles. The average molecular weight is 404 g/mol. The maximum absolute atomic E-state index is 11.8. The van der Waals surface area contributed by atoms with Gasteiger partial charge in [-0.2, -0.15) is 0 Å². The Bertz CT molecular complexity index is 673. The van der Waals surface area contributed by atoms with Crippen molar-refractivity contribution in [2.75, 3.05) is 39.5 Å². The number of carbonyl (C=O) groups excluding carboxylic acids is 1. The van der Waals surface area contributed by atoms with E-state index < -0.39 is 11.7 Å². The third kappa shape index (κ3) is 8.73. The van der Waals surface area contributed by atoms with Gasteiger partial charge in [-0.25, -0.2) is 4.79 Å². The summed E-state index contributed by atoms with van der Waals surface area (Å²) in [7, 11) is 6.08. The van der Waals surface area contributed by atoms with Crippen LogP contribution in [-0.4, -0.2) is 62.8 Å². The van der Waals surface area contributed by atoms with Gasteiger partial charge >= 0.3 is 6.09 Å². The van der Waals surface area contributed by atoms with E-state index >= 15 is 0 Å². The van der Waals surface area contributed by atoms with Crippen LogP contribution in [0.2, 0.25) is 0 Å². The molecule has 1 aliphatic carbocycles. The summed E-state index contributed by atoms with van der Waals surface area (Å²) in [6.45, 7) is 7.23. The molecule has 1 fully saturated rings. The first-order valence-electron chi connectivity index (χ1n) is 10.4. The van der Waals surface area contributed by atoms with E-state index in [1.807, 2.05) is 45.0 Å². The van der Waals surface area contributed by atoms with Crippen LogP contribution in [-0.2, 0) is 11.2 Å². The minimum absolute atomic E-state index is 0.441. The molecule has 0 spiro atoms. The molecular formula is C22H37N5O2. The molecule has 0 aromatic heterocycles. The van der Waals surface area contributed by atoms with Crippen molar-refractivity contribution in [3.63, 3.8) is 0 Å². The number of guanidine groups is 1. The highest BCUT2D eigenvalue weighted by Crippen LogP contribution is 2.34. The van der Waals surface area contributed by atoms with Gasteiger partial charge in [0, 0.05) is 31.9 Å². The number of likely N-dealkylation sites (N-methyl/N-ethyl adjacent to an activating group) is 1. The Morgan fingerprint density at radius 2 is 1.86 bits per heavy atom. The minimum Gasteiger partial charge on any atom is -0.444 e. The summed E-state index contributed by atoms with van der Waals surface area (Å²) in [5, 5.41) is 9.57. The molecule has 2 rings (SSSR count). The first kappa shape index (κ1) is 23.0. The molecule has 1 amide bonds. The lowest BCUT2D eigenvalue weighted by atomic mass is 10.1. The van der Waals surface area contributed by atoms with Gasteiger partial charge in [-0.05, 0) is 77.7 Å². The van der Waals surface area contributed by atoms with E-state index in [0.717, 1.165) is 37.1 Å². The van der Waals surface area contributed by atoms with Crippen LogP contribution in [0.5, 0.6) is 0 Å². The fourth-order valence-electron chi connectivity index (χ4n) is 3.18. The first-order valence-corrected chi connectivity index (χ1v) is 10.4. The number of hydrogen-bond acceptors (Lipinski definition) is 4. The molecule has 1 saturated carbocycles. The summed E-state index contributed by atoms with van der Waals surface area (Å²) >= 11 is 0. The Hall–Kier alpha value is -2.28. The molecule has 0 aliphatic heterocycles. The van der Waals surface area contributed by atoms with Crippen LogP contribution in [0, 0.1) is 5.92 Å². The number of nitrogens with zero attached hydrogens (tertiary/aromatic N) is 2. The zero-order valence-electron chi connectivity index (χ0n) is 18.7. The van der Waals surface area contributed by atoms with Crippen LogP contribution < -0.4 is 16.0 Å². The predicted molar refractivity (Wildman–Crippen MR) is 120 cm³/mol. The van der Waals surface area contributed by atoms with E-state index in [1.165, 1.54) is 18.4 Å². The van der Waals surface area contributed by atoms with Crippen molar-refractivity contribution in [2.45, 2.75) is 51.7 Å². The molecule has 0 bridgehead atoms. The summed E-state index contributed by atoms with van der Waals surface area (Å²) in [5.41, 5.74) is 1.41. The number of hydrogen-bond donors (Lipinski definition) is 3.